The molecular formula is C15H22O5. The molecule has 4 saturated heterocycles. The number of carbonyl (C=O) groups excluding carboxylic acids is 1. The van der Waals surface area contributed by atoms with Crippen molar-refractivity contribution in [2.75, 3.05) is 0 Å². The van der Waals surface area contributed by atoms with Gasteiger partial charge < -0.3 is 9.47 Å². The standard InChI is InChI=1S/C15H22O5/c1-8-4-5-11-9(2)12(16)17-13-15(11)10(8)6-7-14(3,18-13)19-20-15/h8-11,13H,4-7H2,1-3H3/t8-,9-,10+,11-,13+,14+,15-/m1/s1. The van der Waals surface area contributed by atoms with Crippen molar-refractivity contribution in [3.63, 3.8) is 0 Å². The van der Waals surface area contributed by atoms with Gasteiger partial charge in [0.1, 0.15) is 0 Å². The van der Waals surface area contributed by atoms with E-state index in [1.165, 1.54) is 0 Å². The van der Waals surface area contributed by atoms with Gasteiger partial charge in [0.05, 0.1) is 5.92 Å². The van der Waals surface area contributed by atoms with Gasteiger partial charge in [-0.3, -0.25) is 4.79 Å². The molecule has 0 aromatic heterocycles. The molecule has 0 N–H and O–H groups in total. The molecule has 5 heteroatoms. The molecule has 0 aromatic carbocycles. The molecule has 5 aliphatic rings. The summed E-state index contributed by atoms with van der Waals surface area (Å²) in [5, 5.41) is 0. The van der Waals surface area contributed by atoms with Gasteiger partial charge in [-0.2, -0.15) is 0 Å². The molecule has 1 saturated carbocycles. The van der Waals surface area contributed by atoms with Crippen LogP contribution in [0.2, 0.25) is 0 Å². The van der Waals surface area contributed by atoms with E-state index < -0.39 is 17.7 Å². The highest BCUT2D eigenvalue weighted by Gasteiger charge is 2.69. The Morgan fingerprint density at radius 2 is 1.90 bits per heavy atom. The molecule has 7 atom stereocenters. The maximum atomic E-state index is 12.1. The van der Waals surface area contributed by atoms with E-state index in [9.17, 15) is 4.79 Å². The van der Waals surface area contributed by atoms with E-state index in [0.717, 1.165) is 25.7 Å². The molecule has 5 rings (SSSR count). The first-order valence-corrected chi connectivity index (χ1v) is 7.71. The lowest BCUT2D eigenvalue weighted by atomic mass is 9.58. The Hall–Kier alpha value is -0.650. The molecule has 0 radical (unpaired) electrons. The number of hydrogen-bond acceptors (Lipinski definition) is 5. The number of esters is 1. The average molecular weight is 282 g/mol. The predicted molar refractivity (Wildman–Crippen MR) is 68.0 cm³/mol. The largest absolute Gasteiger partial charge is 0.432 e. The van der Waals surface area contributed by atoms with Crippen LogP contribution in [0.3, 0.4) is 0 Å². The van der Waals surface area contributed by atoms with Crippen molar-refractivity contribution in [2.45, 2.75) is 64.1 Å². The number of ether oxygens (including phenoxy) is 2. The summed E-state index contributed by atoms with van der Waals surface area (Å²) in [6.07, 6.45) is 3.24. The first kappa shape index (κ1) is 13.0. The van der Waals surface area contributed by atoms with Gasteiger partial charge >= 0.3 is 5.97 Å². The second kappa shape index (κ2) is 3.96. The summed E-state index contributed by atoms with van der Waals surface area (Å²) in [7, 11) is 0. The lowest BCUT2D eigenvalue weighted by Gasteiger charge is -2.57. The van der Waals surface area contributed by atoms with Crippen LogP contribution in [-0.2, 0) is 24.0 Å². The Bertz CT molecular complexity index is 452. The predicted octanol–water partition coefficient (Wildman–Crippen LogP) is 2.39. The Morgan fingerprint density at radius 3 is 2.70 bits per heavy atom. The molecular weight excluding hydrogens is 260 g/mol. The third-order valence-corrected chi connectivity index (χ3v) is 5.97. The van der Waals surface area contributed by atoms with Crippen LogP contribution >= 0.6 is 0 Å². The van der Waals surface area contributed by atoms with Crippen LogP contribution in [-0.4, -0.2) is 23.6 Å². The average Bonchev–Trinajstić information content (AvgIpc) is 2.63. The van der Waals surface area contributed by atoms with E-state index in [0.29, 0.717) is 11.8 Å². The smallest absolute Gasteiger partial charge is 0.311 e. The van der Waals surface area contributed by atoms with Crippen molar-refractivity contribution in [1.82, 2.24) is 0 Å². The first-order chi connectivity index (χ1) is 9.46. The summed E-state index contributed by atoms with van der Waals surface area (Å²) in [5.74, 6) is -0.137. The zero-order chi connectivity index (χ0) is 14.1. The molecule has 5 nitrogen and oxygen atoms in total. The van der Waals surface area contributed by atoms with E-state index in [1.807, 2.05) is 13.8 Å². The minimum absolute atomic E-state index is 0.123. The Labute approximate surface area is 118 Å². The number of rotatable bonds is 0. The molecule has 2 bridgehead atoms. The van der Waals surface area contributed by atoms with Crippen molar-refractivity contribution in [2.24, 2.45) is 23.7 Å². The van der Waals surface area contributed by atoms with Gasteiger partial charge in [-0.15, -0.1) is 0 Å². The number of hydrogen-bond donors (Lipinski definition) is 0. The normalized spacial score (nSPS) is 57.8. The zero-order valence-corrected chi connectivity index (χ0v) is 12.3. The highest BCUT2D eigenvalue weighted by Crippen LogP contribution is 2.59. The molecule has 0 unspecified atom stereocenters. The van der Waals surface area contributed by atoms with E-state index in [2.05, 4.69) is 6.92 Å². The van der Waals surface area contributed by atoms with Gasteiger partial charge in [-0.1, -0.05) is 13.8 Å². The van der Waals surface area contributed by atoms with E-state index in [-0.39, 0.29) is 17.8 Å². The van der Waals surface area contributed by atoms with E-state index in [1.54, 1.807) is 0 Å². The summed E-state index contributed by atoms with van der Waals surface area (Å²) >= 11 is 0. The van der Waals surface area contributed by atoms with Crippen molar-refractivity contribution >= 4 is 5.97 Å². The van der Waals surface area contributed by atoms with Crippen molar-refractivity contribution in [3.05, 3.63) is 0 Å². The van der Waals surface area contributed by atoms with Crippen LogP contribution in [0.25, 0.3) is 0 Å². The molecule has 20 heavy (non-hydrogen) atoms. The molecule has 112 valence electrons. The van der Waals surface area contributed by atoms with Crippen molar-refractivity contribution in [1.29, 1.82) is 0 Å². The topological polar surface area (TPSA) is 54.0 Å². The van der Waals surface area contributed by atoms with Gasteiger partial charge in [0, 0.05) is 18.3 Å². The van der Waals surface area contributed by atoms with Gasteiger partial charge in [-0.25, -0.2) is 9.78 Å². The highest BCUT2D eigenvalue weighted by atomic mass is 17.3. The molecule has 1 aliphatic carbocycles. The van der Waals surface area contributed by atoms with Gasteiger partial charge in [0.2, 0.25) is 12.1 Å². The Balaban J connectivity index is 1.84. The van der Waals surface area contributed by atoms with Gasteiger partial charge in [-0.05, 0) is 32.1 Å². The number of fused-ring (bicyclic) bond motifs is 2. The highest BCUT2D eigenvalue weighted by molar-refractivity contribution is 5.74. The van der Waals surface area contributed by atoms with E-state index in [4.69, 9.17) is 19.2 Å². The lowest BCUT2D eigenvalue weighted by Crippen LogP contribution is -2.69. The fourth-order valence-electron chi connectivity index (χ4n) is 4.76. The van der Waals surface area contributed by atoms with Crippen LogP contribution in [0.15, 0.2) is 0 Å². The van der Waals surface area contributed by atoms with Crippen LogP contribution in [0.4, 0.5) is 0 Å². The fraction of sp³-hybridized carbons (Fsp3) is 0.933. The van der Waals surface area contributed by atoms with Gasteiger partial charge in [0.25, 0.3) is 0 Å². The molecule has 5 fully saturated rings. The first-order valence-electron chi connectivity index (χ1n) is 7.71. The Morgan fingerprint density at radius 1 is 1.10 bits per heavy atom. The summed E-state index contributed by atoms with van der Waals surface area (Å²) in [5.41, 5.74) is -0.610. The Kier molecular flexibility index (Phi) is 2.58. The van der Waals surface area contributed by atoms with E-state index >= 15 is 0 Å². The third kappa shape index (κ3) is 1.46. The maximum Gasteiger partial charge on any atom is 0.311 e. The summed E-state index contributed by atoms with van der Waals surface area (Å²) in [4.78, 5) is 23.7. The SMILES string of the molecule is C[C@@H]1CC[C@@H]2[C@@H](C)C(=O)O[C@H]3O[C@]4(C)CC[C@@H]1[C@]32OO4. The summed E-state index contributed by atoms with van der Waals surface area (Å²) < 4.78 is 11.6. The van der Waals surface area contributed by atoms with Crippen LogP contribution in [0.5, 0.6) is 0 Å². The minimum Gasteiger partial charge on any atom is -0.432 e. The third-order valence-electron chi connectivity index (χ3n) is 5.97. The summed E-state index contributed by atoms with van der Waals surface area (Å²) in [6, 6.07) is 0. The molecule has 1 spiro atoms. The monoisotopic (exact) mass is 282 g/mol. The van der Waals surface area contributed by atoms with Crippen LogP contribution in [0.1, 0.15) is 46.5 Å². The minimum atomic E-state index is -0.793. The quantitative estimate of drug-likeness (QED) is 0.504. The zero-order valence-electron chi connectivity index (χ0n) is 12.3. The van der Waals surface area contributed by atoms with Crippen LogP contribution in [0, 0.1) is 23.7 Å². The maximum absolute atomic E-state index is 12.1. The molecule has 0 amide bonds. The van der Waals surface area contributed by atoms with Gasteiger partial charge in [0.15, 0.2) is 5.60 Å². The molecule has 4 aliphatic heterocycles. The number of carbonyl (C=O) groups is 1. The van der Waals surface area contributed by atoms with Crippen molar-refractivity contribution < 1.29 is 24.0 Å². The summed E-state index contributed by atoms with van der Waals surface area (Å²) in [6.45, 7) is 6.06. The second-order valence-corrected chi connectivity index (χ2v) is 7.14. The fourth-order valence-corrected chi connectivity index (χ4v) is 4.76. The molecule has 4 heterocycles. The van der Waals surface area contributed by atoms with Crippen LogP contribution < -0.4 is 0 Å². The molecule has 0 aromatic rings. The van der Waals surface area contributed by atoms with Crippen molar-refractivity contribution in [3.8, 4) is 0 Å². The second-order valence-electron chi connectivity index (χ2n) is 7.14. The lowest BCUT2D eigenvalue weighted by molar-refractivity contribution is -0.559.